The minimum Gasteiger partial charge on any atom is -0.399 e. The summed E-state index contributed by atoms with van der Waals surface area (Å²) in [4.78, 5) is 4.27. The molecule has 0 fully saturated rings. The molecule has 0 saturated carbocycles. The second kappa shape index (κ2) is 5.25. The highest BCUT2D eigenvalue weighted by Gasteiger charge is 2.07. The molecule has 78 valence electrons. The summed E-state index contributed by atoms with van der Waals surface area (Å²) < 4.78 is 0. The molecule has 2 N–H and O–H groups in total. The third-order valence-corrected chi connectivity index (χ3v) is 3.81. The van der Waals surface area contributed by atoms with Gasteiger partial charge in [0.15, 0.2) is 0 Å². The zero-order chi connectivity index (χ0) is 10.6. The molecule has 0 aliphatic rings. The van der Waals surface area contributed by atoms with Gasteiger partial charge in [0.2, 0.25) is 0 Å². The summed E-state index contributed by atoms with van der Waals surface area (Å²) in [5, 5.41) is 0.665. The van der Waals surface area contributed by atoms with Crippen LogP contribution in [-0.4, -0.2) is 10.2 Å². The fourth-order valence-corrected chi connectivity index (χ4v) is 1.96. The number of hydrogen-bond acceptors (Lipinski definition) is 3. The van der Waals surface area contributed by atoms with E-state index < -0.39 is 0 Å². The fraction of sp³-hybridized carbons (Fsp3) is 0.545. The van der Waals surface area contributed by atoms with Crippen LogP contribution < -0.4 is 5.73 Å². The molecule has 3 heteroatoms. The molecule has 0 amide bonds. The van der Waals surface area contributed by atoms with Gasteiger partial charge in [-0.3, -0.25) is 4.98 Å². The number of nitrogens with zero attached hydrogens (tertiary/aromatic N) is 1. The number of nitrogens with two attached hydrogens (primary N) is 1. The highest BCUT2D eigenvalue weighted by Crippen LogP contribution is 2.22. The molecule has 1 heterocycles. The molecule has 1 unspecified atom stereocenters. The van der Waals surface area contributed by atoms with Crippen LogP contribution in [0, 0.1) is 5.92 Å². The van der Waals surface area contributed by atoms with Gasteiger partial charge in [-0.25, -0.2) is 0 Å². The van der Waals surface area contributed by atoms with Crippen LogP contribution in [0.15, 0.2) is 18.3 Å². The van der Waals surface area contributed by atoms with Crippen LogP contribution in [0.2, 0.25) is 0 Å². The second-order valence-corrected chi connectivity index (χ2v) is 5.21. The Bertz CT molecular complexity index is 286. The van der Waals surface area contributed by atoms with E-state index in [0.717, 1.165) is 17.1 Å². The summed E-state index contributed by atoms with van der Waals surface area (Å²) in [6.45, 7) is 6.73. The Balaban J connectivity index is 2.45. The predicted octanol–water partition coefficient (Wildman–Crippen LogP) is 2.94. The minimum absolute atomic E-state index is 0.665. The number of nitrogen functional groups attached to an aromatic ring is 1. The van der Waals surface area contributed by atoms with E-state index in [-0.39, 0.29) is 0 Å². The Morgan fingerprint density at radius 3 is 2.71 bits per heavy atom. The summed E-state index contributed by atoms with van der Waals surface area (Å²) in [5.74, 6) is 1.66. The highest BCUT2D eigenvalue weighted by molar-refractivity contribution is 7.99. The Morgan fingerprint density at radius 2 is 2.14 bits per heavy atom. The first-order chi connectivity index (χ1) is 6.59. The first kappa shape index (κ1) is 11.4. The first-order valence-electron chi connectivity index (χ1n) is 4.91. The molecule has 0 bridgehead atoms. The average Bonchev–Trinajstić information content (AvgIpc) is 2.14. The number of thioether (sulfide) groups is 1. The van der Waals surface area contributed by atoms with Crippen molar-refractivity contribution >= 4 is 17.4 Å². The molecule has 1 rings (SSSR count). The van der Waals surface area contributed by atoms with E-state index in [9.17, 15) is 0 Å². The fourth-order valence-electron chi connectivity index (χ4n) is 0.985. The van der Waals surface area contributed by atoms with Crippen molar-refractivity contribution in [2.45, 2.75) is 31.8 Å². The molecule has 0 aliphatic heterocycles. The summed E-state index contributed by atoms with van der Waals surface area (Å²) in [7, 11) is 0. The lowest BCUT2D eigenvalue weighted by molar-refractivity contribution is 0.642. The Kier molecular flexibility index (Phi) is 4.26. The number of anilines is 1. The molecule has 1 aromatic rings. The maximum absolute atomic E-state index is 5.68. The lowest BCUT2D eigenvalue weighted by atomic mass is 10.2. The van der Waals surface area contributed by atoms with Gasteiger partial charge in [-0.15, -0.1) is 0 Å². The van der Waals surface area contributed by atoms with Crippen molar-refractivity contribution in [3.63, 3.8) is 0 Å². The molecule has 0 aromatic carbocycles. The van der Waals surface area contributed by atoms with Crippen molar-refractivity contribution in [2.75, 3.05) is 5.73 Å². The number of rotatable bonds is 4. The van der Waals surface area contributed by atoms with Gasteiger partial charge in [-0.05, 0) is 18.1 Å². The quantitative estimate of drug-likeness (QED) is 0.830. The largest absolute Gasteiger partial charge is 0.399 e. The smallest absolute Gasteiger partial charge is 0.0523 e. The number of pyridine rings is 1. The molecule has 14 heavy (non-hydrogen) atoms. The average molecular weight is 210 g/mol. The van der Waals surface area contributed by atoms with Crippen molar-refractivity contribution in [1.82, 2.24) is 4.98 Å². The van der Waals surface area contributed by atoms with Crippen LogP contribution in [0.5, 0.6) is 0 Å². The van der Waals surface area contributed by atoms with Crippen LogP contribution in [-0.2, 0) is 5.75 Å². The van der Waals surface area contributed by atoms with Crippen LogP contribution in [0.4, 0.5) is 5.69 Å². The van der Waals surface area contributed by atoms with E-state index in [1.807, 2.05) is 23.9 Å². The van der Waals surface area contributed by atoms with Crippen molar-refractivity contribution in [3.05, 3.63) is 24.0 Å². The summed E-state index contributed by atoms with van der Waals surface area (Å²) in [5.41, 5.74) is 7.55. The van der Waals surface area contributed by atoms with Crippen molar-refractivity contribution < 1.29 is 0 Å². The van der Waals surface area contributed by atoms with E-state index in [4.69, 9.17) is 5.73 Å². The normalized spacial score (nSPS) is 13.1. The van der Waals surface area contributed by atoms with E-state index in [0.29, 0.717) is 11.2 Å². The predicted molar refractivity (Wildman–Crippen MR) is 64.2 cm³/mol. The Hall–Kier alpha value is -0.700. The molecule has 0 spiro atoms. The van der Waals surface area contributed by atoms with E-state index >= 15 is 0 Å². The topological polar surface area (TPSA) is 38.9 Å². The molecule has 1 atom stereocenters. The molecule has 0 saturated heterocycles. The minimum atomic E-state index is 0.665. The van der Waals surface area contributed by atoms with Gasteiger partial charge in [-0.1, -0.05) is 20.8 Å². The van der Waals surface area contributed by atoms with Gasteiger partial charge >= 0.3 is 0 Å². The van der Waals surface area contributed by atoms with Gasteiger partial charge in [0.1, 0.15) is 0 Å². The van der Waals surface area contributed by atoms with Gasteiger partial charge in [-0.2, -0.15) is 11.8 Å². The molecular formula is C11H18N2S. The molecule has 0 aliphatic carbocycles. The van der Waals surface area contributed by atoms with Crippen LogP contribution in [0.3, 0.4) is 0 Å². The van der Waals surface area contributed by atoms with E-state index in [1.165, 1.54) is 0 Å². The summed E-state index contributed by atoms with van der Waals surface area (Å²) >= 11 is 1.93. The van der Waals surface area contributed by atoms with Gasteiger partial charge in [0, 0.05) is 22.9 Å². The van der Waals surface area contributed by atoms with Crippen LogP contribution in [0.25, 0.3) is 0 Å². The van der Waals surface area contributed by atoms with Crippen molar-refractivity contribution in [2.24, 2.45) is 5.92 Å². The van der Waals surface area contributed by atoms with Crippen LogP contribution in [0.1, 0.15) is 26.5 Å². The van der Waals surface area contributed by atoms with Crippen LogP contribution >= 0.6 is 11.8 Å². The third kappa shape index (κ3) is 3.58. The lowest BCUT2D eigenvalue weighted by Crippen LogP contribution is -2.06. The number of hydrogen-bond donors (Lipinski definition) is 1. The zero-order valence-electron chi connectivity index (χ0n) is 9.03. The number of aromatic nitrogens is 1. The lowest BCUT2D eigenvalue weighted by Gasteiger charge is -2.14. The highest BCUT2D eigenvalue weighted by atomic mass is 32.2. The van der Waals surface area contributed by atoms with E-state index in [2.05, 4.69) is 25.8 Å². The SMILES string of the molecule is CC(C)C(C)SCc1cc(N)ccn1. The Labute approximate surface area is 90.3 Å². The Morgan fingerprint density at radius 1 is 1.43 bits per heavy atom. The monoisotopic (exact) mass is 210 g/mol. The maximum Gasteiger partial charge on any atom is 0.0523 e. The molecule has 2 nitrogen and oxygen atoms in total. The first-order valence-corrected chi connectivity index (χ1v) is 5.96. The van der Waals surface area contributed by atoms with Gasteiger partial charge in [0.25, 0.3) is 0 Å². The van der Waals surface area contributed by atoms with E-state index in [1.54, 1.807) is 6.20 Å². The molecule has 1 aromatic heterocycles. The van der Waals surface area contributed by atoms with Gasteiger partial charge < -0.3 is 5.73 Å². The second-order valence-electron chi connectivity index (χ2n) is 3.84. The molecular weight excluding hydrogens is 192 g/mol. The summed E-state index contributed by atoms with van der Waals surface area (Å²) in [6.07, 6.45) is 1.77. The van der Waals surface area contributed by atoms with Gasteiger partial charge in [0.05, 0.1) is 5.69 Å². The standard InChI is InChI=1S/C11H18N2S/c1-8(2)9(3)14-7-11-6-10(12)4-5-13-11/h4-6,8-9H,7H2,1-3H3,(H2,12,13). The van der Waals surface area contributed by atoms with Crippen molar-refractivity contribution in [3.8, 4) is 0 Å². The van der Waals surface area contributed by atoms with Crippen molar-refractivity contribution in [1.29, 1.82) is 0 Å². The zero-order valence-corrected chi connectivity index (χ0v) is 9.84. The maximum atomic E-state index is 5.68. The molecule has 0 radical (unpaired) electrons. The third-order valence-electron chi connectivity index (χ3n) is 2.27. The summed E-state index contributed by atoms with van der Waals surface area (Å²) in [6, 6.07) is 3.76.